The van der Waals surface area contributed by atoms with Crippen molar-refractivity contribution in [3.63, 3.8) is 0 Å². The summed E-state index contributed by atoms with van der Waals surface area (Å²) in [4.78, 5) is 4.42. The fourth-order valence-electron chi connectivity index (χ4n) is 2.62. The average Bonchev–Trinajstić information content (AvgIpc) is 2.77. The first kappa shape index (κ1) is 12.9. The summed E-state index contributed by atoms with van der Waals surface area (Å²) < 4.78 is 24.8. The van der Waals surface area contributed by atoms with Crippen LogP contribution in [0.5, 0.6) is 0 Å². The molecule has 3 heterocycles. The van der Waals surface area contributed by atoms with Gasteiger partial charge in [-0.25, -0.2) is 13.4 Å². The Hall–Kier alpha value is -1.07. The van der Waals surface area contributed by atoms with E-state index in [-0.39, 0.29) is 0 Å². The van der Waals surface area contributed by atoms with Crippen molar-refractivity contribution in [2.24, 2.45) is 5.92 Å². The van der Waals surface area contributed by atoms with Gasteiger partial charge in [-0.3, -0.25) is 4.40 Å². The molecule has 19 heavy (non-hydrogen) atoms. The fraction of sp³-hybridized carbons (Fsp3) is 0.462. The summed E-state index contributed by atoms with van der Waals surface area (Å²) in [6.45, 7) is 0. The Morgan fingerprint density at radius 3 is 2.79 bits per heavy atom. The minimum Gasteiger partial charge on any atom is -0.287 e. The van der Waals surface area contributed by atoms with Crippen molar-refractivity contribution < 1.29 is 8.42 Å². The summed E-state index contributed by atoms with van der Waals surface area (Å²) in [5, 5.41) is 0.647. The van der Waals surface area contributed by atoms with E-state index >= 15 is 0 Å². The van der Waals surface area contributed by atoms with Gasteiger partial charge in [0.1, 0.15) is 20.8 Å². The molecule has 0 atom stereocenters. The zero-order chi connectivity index (χ0) is 13.5. The fourth-order valence-corrected chi connectivity index (χ4v) is 4.47. The summed E-state index contributed by atoms with van der Waals surface area (Å²) >= 11 is 6.19. The smallest absolute Gasteiger partial charge is 0.150 e. The maximum Gasteiger partial charge on any atom is 0.150 e. The van der Waals surface area contributed by atoms with Gasteiger partial charge in [-0.2, -0.15) is 0 Å². The number of hydrogen-bond donors (Lipinski definition) is 0. The molecule has 0 saturated carbocycles. The van der Waals surface area contributed by atoms with Crippen LogP contribution < -0.4 is 0 Å². The number of fused-ring (bicyclic) bond motifs is 1. The first-order valence-electron chi connectivity index (χ1n) is 6.36. The molecular formula is C13H15ClN2O2S. The van der Waals surface area contributed by atoms with E-state index in [1.54, 1.807) is 6.20 Å². The molecule has 2 aromatic heterocycles. The highest BCUT2D eigenvalue weighted by Crippen LogP contribution is 2.24. The Kier molecular flexibility index (Phi) is 3.27. The van der Waals surface area contributed by atoms with Crippen molar-refractivity contribution in [2.45, 2.75) is 19.3 Å². The maximum atomic E-state index is 11.4. The SMILES string of the molecule is O=S1(=O)CCC(Cc2ncc3cccc(Cl)n23)CC1. The van der Waals surface area contributed by atoms with Crippen molar-refractivity contribution in [1.82, 2.24) is 9.38 Å². The molecule has 1 fully saturated rings. The number of sulfone groups is 1. The van der Waals surface area contributed by atoms with Gasteiger partial charge >= 0.3 is 0 Å². The van der Waals surface area contributed by atoms with Crippen molar-refractivity contribution in [3.05, 3.63) is 35.4 Å². The second kappa shape index (κ2) is 4.80. The Bertz CT molecular complexity index is 695. The molecule has 1 saturated heterocycles. The van der Waals surface area contributed by atoms with Crippen LogP contribution in [0.15, 0.2) is 24.4 Å². The van der Waals surface area contributed by atoms with Crippen LogP contribution in [-0.2, 0) is 16.3 Å². The predicted molar refractivity (Wildman–Crippen MR) is 75.3 cm³/mol. The van der Waals surface area contributed by atoms with E-state index in [0.29, 0.717) is 22.6 Å². The summed E-state index contributed by atoms with van der Waals surface area (Å²) in [6, 6.07) is 5.70. The monoisotopic (exact) mass is 298 g/mol. The zero-order valence-electron chi connectivity index (χ0n) is 10.4. The third-order valence-corrected chi connectivity index (χ3v) is 5.73. The van der Waals surface area contributed by atoms with Crippen LogP contribution >= 0.6 is 11.6 Å². The number of hydrogen-bond acceptors (Lipinski definition) is 3. The number of pyridine rings is 1. The molecular weight excluding hydrogens is 284 g/mol. The average molecular weight is 299 g/mol. The first-order chi connectivity index (χ1) is 9.05. The van der Waals surface area contributed by atoms with Crippen LogP contribution in [0.25, 0.3) is 5.52 Å². The highest BCUT2D eigenvalue weighted by molar-refractivity contribution is 7.91. The molecule has 0 aliphatic carbocycles. The topological polar surface area (TPSA) is 51.4 Å². The van der Waals surface area contributed by atoms with Crippen LogP contribution in [0.2, 0.25) is 5.15 Å². The number of halogens is 1. The van der Waals surface area contributed by atoms with Crippen molar-refractivity contribution in [1.29, 1.82) is 0 Å². The van der Waals surface area contributed by atoms with E-state index in [4.69, 9.17) is 11.6 Å². The van der Waals surface area contributed by atoms with E-state index in [9.17, 15) is 8.42 Å². The van der Waals surface area contributed by atoms with Crippen LogP contribution in [-0.4, -0.2) is 29.3 Å². The van der Waals surface area contributed by atoms with Crippen LogP contribution in [0, 0.1) is 5.92 Å². The molecule has 0 aromatic carbocycles. The van der Waals surface area contributed by atoms with Gasteiger partial charge in [-0.15, -0.1) is 0 Å². The van der Waals surface area contributed by atoms with Gasteiger partial charge in [0.2, 0.25) is 0 Å². The second-order valence-corrected chi connectivity index (χ2v) is 7.77. The van der Waals surface area contributed by atoms with Gasteiger partial charge in [0.25, 0.3) is 0 Å². The molecule has 0 radical (unpaired) electrons. The van der Waals surface area contributed by atoms with Gasteiger partial charge in [0.15, 0.2) is 0 Å². The van der Waals surface area contributed by atoms with Gasteiger partial charge in [0, 0.05) is 6.42 Å². The lowest BCUT2D eigenvalue weighted by Crippen LogP contribution is -2.25. The summed E-state index contributed by atoms with van der Waals surface area (Å²) in [6.07, 6.45) is 4.04. The van der Waals surface area contributed by atoms with Crippen LogP contribution in [0.1, 0.15) is 18.7 Å². The quantitative estimate of drug-likeness (QED) is 0.800. The van der Waals surface area contributed by atoms with E-state index in [1.807, 2.05) is 22.6 Å². The maximum absolute atomic E-state index is 11.4. The van der Waals surface area contributed by atoms with Crippen molar-refractivity contribution in [3.8, 4) is 0 Å². The lowest BCUT2D eigenvalue weighted by atomic mass is 9.98. The number of aromatic nitrogens is 2. The summed E-state index contributed by atoms with van der Waals surface area (Å²) in [5.74, 6) is 1.90. The Morgan fingerprint density at radius 1 is 1.32 bits per heavy atom. The van der Waals surface area contributed by atoms with Gasteiger partial charge < -0.3 is 0 Å². The molecule has 102 valence electrons. The summed E-state index contributed by atoms with van der Waals surface area (Å²) in [5.41, 5.74) is 0.978. The van der Waals surface area contributed by atoms with Gasteiger partial charge in [0.05, 0.1) is 23.2 Å². The minimum atomic E-state index is -2.80. The molecule has 0 N–H and O–H groups in total. The molecule has 3 rings (SSSR count). The van der Waals surface area contributed by atoms with Crippen LogP contribution in [0.3, 0.4) is 0 Å². The number of nitrogens with zero attached hydrogens (tertiary/aromatic N) is 2. The Labute approximate surface area is 117 Å². The van der Waals surface area contributed by atoms with Crippen molar-refractivity contribution >= 4 is 27.0 Å². The molecule has 6 heteroatoms. The molecule has 0 bridgehead atoms. The Balaban J connectivity index is 1.83. The highest BCUT2D eigenvalue weighted by atomic mass is 35.5. The predicted octanol–water partition coefficient (Wildman–Crippen LogP) is 2.36. The largest absolute Gasteiger partial charge is 0.287 e. The highest BCUT2D eigenvalue weighted by Gasteiger charge is 2.24. The lowest BCUT2D eigenvalue weighted by Gasteiger charge is -2.21. The molecule has 0 unspecified atom stereocenters. The first-order valence-corrected chi connectivity index (χ1v) is 8.56. The third kappa shape index (κ3) is 2.62. The molecule has 1 aliphatic rings. The second-order valence-electron chi connectivity index (χ2n) is 5.08. The van der Waals surface area contributed by atoms with Crippen molar-refractivity contribution in [2.75, 3.05) is 11.5 Å². The standard InChI is InChI=1S/C13H15ClN2O2S/c14-12-3-1-2-11-9-15-13(16(11)12)8-10-4-6-19(17,18)7-5-10/h1-3,9-10H,4-8H2. The molecule has 1 aliphatic heterocycles. The van der Waals surface area contributed by atoms with E-state index < -0.39 is 9.84 Å². The third-order valence-electron chi connectivity index (χ3n) is 3.72. The van der Waals surface area contributed by atoms with E-state index in [2.05, 4.69) is 4.98 Å². The van der Waals surface area contributed by atoms with Crippen LogP contribution in [0.4, 0.5) is 0 Å². The number of imidazole rings is 1. The molecule has 4 nitrogen and oxygen atoms in total. The summed E-state index contributed by atoms with van der Waals surface area (Å²) in [7, 11) is -2.80. The molecule has 2 aromatic rings. The van der Waals surface area contributed by atoms with E-state index in [1.165, 1.54) is 0 Å². The minimum absolute atomic E-state index is 0.300. The zero-order valence-corrected chi connectivity index (χ0v) is 12.0. The number of rotatable bonds is 2. The Morgan fingerprint density at radius 2 is 2.05 bits per heavy atom. The van der Waals surface area contributed by atoms with E-state index in [0.717, 1.165) is 30.6 Å². The normalized spacial score (nSPS) is 19.8. The van der Waals surface area contributed by atoms with Gasteiger partial charge in [-0.1, -0.05) is 17.7 Å². The molecule has 0 spiro atoms. The lowest BCUT2D eigenvalue weighted by molar-refractivity contribution is 0.453. The van der Waals surface area contributed by atoms with Gasteiger partial charge in [-0.05, 0) is 30.9 Å². The molecule has 0 amide bonds.